The molecule has 1 heterocycles. The number of methoxy groups -OCH3 is 1. The first-order chi connectivity index (χ1) is 9.36. The number of carbonyl (C=O) groups excluding carboxylic acids is 1. The van der Waals surface area contributed by atoms with E-state index >= 15 is 0 Å². The zero-order valence-corrected chi connectivity index (χ0v) is 13.0. The van der Waals surface area contributed by atoms with Crippen LogP contribution in [0.15, 0.2) is 15.4 Å². The van der Waals surface area contributed by atoms with Gasteiger partial charge in [-0.25, -0.2) is 8.42 Å². The number of hydrogen-bond donors (Lipinski definition) is 1. The number of nitrogens with one attached hydrogen (secondary N) is 1. The Balaban J connectivity index is 2.49. The lowest BCUT2D eigenvalue weighted by Crippen LogP contribution is -2.24. The molecular weight excluding hydrogens is 306 g/mol. The standard InChI is InChI=1S/C12H18ClNO5S/c1-9-11(20(13,16)17)8-10(19-9)12(15)14-6-4-3-5-7-18-2/h8H,3-7H2,1-2H3,(H,14,15). The first-order valence-electron chi connectivity index (χ1n) is 6.18. The topological polar surface area (TPSA) is 85.6 Å². The maximum absolute atomic E-state index is 11.8. The average molecular weight is 324 g/mol. The van der Waals surface area contributed by atoms with Crippen molar-refractivity contribution in [1.29, 1.82) is 0 Å². The van der Waals surface area contributed by atoms with E-state index in [1.807, 2.05) is 0 Å². The Bertz CT molecular complexity index is 552. The summed E-state index contributed by atoms with van der Waals surface area (Å²) in [5.41, 5.74) is 0. The van der Waals surface area contributed by atoms with E-state index in [4.69, 9.17) is 19.8 Å². The van der Waals surface area contributed by atoms with Gasteiger partial charge in [0.2, 0.25) is 0 Å². The molecule has 6 nitrogen and oxygen atoms in total. The third-order valence-corrected chi connectivity index (χ3v) is 4.10. The van der Waals surface area contributed by atoms with E-state index in [9.17, 15) is 13.2 Å². The molecular formula is C12H18ClNO5S. The third-order valence-electron chi connectivity index (χ3n) is 2.67. The molecule has 0 atom stereocenters. The fourth-order valence-corrected chi connectivity index (χ4v) is 2.75. The van der Waals surface area contributed by atoms with Gasteiger partial charge in [-0.2, -0.15) is 0 Å². The number of aryl methyl sites for hydroxylation is 1. The third kappa shape index (κ3) is 5.15. The molecule has 20 heavy (non-hydrogen) atoms. The summed E-state index contributed by atoms with van der Waals surface area (Å²) in [5, 5.41) is 2.66. The summed E-state index contributed by atoms with van der Waals surface area (Å²) in [6, 6.07) is 1.14. The normalized spacial score (nSPS) is 11.6. The Hall–Kier alpha value is -1.05. The van der Waals surface area contributed by atoms with Crippen LogP contribution in [0.5, 0.6) is 0 Å². The van der Waals surface area contributed by atoms with Gasteiger partial charge >= 0.3 is 0 Å². The zero-order chi connectivity index (χ0) is 15.2. The Kier molecular flexibility index (Phi) is 6.51. The van der Waals surface area contributed by atoms with Crippen LogP contribution in [-0.2, 0) is 13.8 Å². The summed E-state index contributed by atoms with van der Waals surface area (Å²) < 4.78 is 32.4. The minimum atomic E-state index is -3.90. The Morgan fingerprint density at radius 1 is 1.40 bits per heavy atom. The Labute approximate surface area is 122 Å². The second-order valence-corrected chi connectivity index (χ2v) is 6.81. The summed E-state index contributed by atoms with van der Waals surface area (Å²) in [4.78, 5) is 11.6. The summed E-state index contributed by atoms with van der Waals surface area (Å²) in [6.07, 6.45) is 2.68. The molecule has 0 aromatic carbocycles. The molecule has 8 heteroatoms. The van der Waals surface area contributed by atoms with Crippen molar-refractivity contribution in [2.75, 3.05) is 20.3 Å². The molecule has 1 N–H and O–H groups in total. The van der Waals surface area contributed by atoms with Crippen LogP contribution < -0.4 is 5.32 Å². The Morgan fingerprint density at radius 2 is 2.10 bits per heavy atom. The lowest BCUT2D eigenvalue weighted by Gasteiger charge is -2.02. The van der Waals surface area contributed by atoms with Crippen LogP contribution in [0.1, 0.15) is 35.6 Å². The van der Waals surface area contributed by atoms with Gasteiger partial charge < -0.3 is 14.5 Å². The van der Waals surface area contributed by atoms with Crippen molar-refractivity contribution in [3.05, 3.63) is 17.6 Å². The second-order valence-electron chi connectivity index (χ2n) is 4.28. The van der Waals surface area contributed by atoms with Gasteiger partial charge in [-0.1, -0.05) is 0 Å². The van der Waals surface area contributed by atoms with Crippen LogP contribution in [-0.4, -0.2) is 34.6 Å². The van der Waals surface area contributed by atoms with Crippen molar-refractivity contribution < 1.29 is 22.4 Å². The monoisotopic (exact) mass is 323 g/mol. The van der Waals surface area contributed by atoms with Crippen LogP contribution in [0.25, 0.3) is 0 Å². The van der Waals surface area contributed by atoms with E-state index in [2.05, 4.69) is 5.32 Å². The van der Waals surface area contributed by atoms with Crippen LogP contribution in [0.4, 0.5) is 0 Å². The molecule has 0 saturated carbocycles. The van der Waals surface area contributed by atoms with E-state index in [-0.39, 0.29) is 16.4 Å². The number of rotatable bonds is 8. The smallest absolute Gasteiger partial charge is 0.287 e. The van der Waals surface area contributed by atoms with Gasteiger partial charge in [0.15, 0.2) is 5.76 Å². The number of hydrogen-bond acceptors (Lipinski definition) is 5. The molecule has 1 aromatic rings. The highest BCUT2D eigenvalue weighted by molar-refractivity contribution is 8.13. The molecule has 0 spiro atoms. The van der Waals surface area contributed by atoms with Gasteiger partial charge in [0.25, 0.3) is 15.0 Å². The van der Waals surface area contributed by atoms with E-state index in [1.54, 1.807) is 7.11 Å². The summed E-state index contributed by atoms with van der Waals surface area (Å²) in [5.74, 6) is -0.407. The first-order valence-corrected chi connectivity index (χ1v) is 8.49. The highest BCUT2D eigenvalue weighted by atomic mass is 35.7. The van der Waals surface area contributed by atoms with Crippen molar-refractivity contribution in [1.82, 2.24) is 5.32 Å². The summed E-state index contributed by atoms with van der Waals surface area (Å²) in [7, 11) is 2.97. The molecule has 0 aliphatic heterocycles. The maximum Gasteiger partial charge on any atom is 0.287 e. The molecule has 0 aliphatic rings. The predicted molar refractivity (Wildman–Crippen MR) is 74.5 cm³/mol. The van der Waals surface area contributed by atoms with Crippen molar-refractivity contribution in [3.8, 4) is 0 Å². The van der Waals surface area contributed by atoms with Gasteiger partial charge in [0, 0.05) is 37.0 Å². The fourth-order valence-electron chi connectivity index (χ4n) is 1.66. The lowest BCUT2D eigenvalue weighted by atomic mass is 10.2. The van der Waals surface area contributed by atoms with Crippen LogP contribution in [0.2, 0.25) is 0 Å². The molecule has 1 aromatic heterocycles. The molecule has 0 unspecified atom stereocenters. The minimum Gasteiger partial charge on any atom is -0.455 e. The van der Waals surface area contributed by atoms with Gasteiger partial charge in [-0.3, -0.25) is 4.79 Å². The van der Waals surface area contributed by atoms with Crippen molar-refractivity contribution in [3.63, 3.8) is 0 Å². The fraction of sp³-hybridized carbons (Fsp3) is 0.583. The van der Waals surface area contributed by atoms with Gasteiger partial charge in [-0.05, 0) is 26.2 Å². The largest absolute Gasteiger partial charge is 0.455 e. The number of unbranched alkanes of at least 4 members (excludes halogenated alkanes) is 2. The maximum atomic E-state index is 11.8. The van der Waals surface area contributed by atoms with Gasteiger partial charge in [0.1, 0.15) is 10.7 Å². The SMILES string of the molecule is COCCCCCNC(=O)c1cc(S(=O)(=O)Cl)c(C)o1. The Morgan fingerprint density at radius 3 is 2.65 bits per heavy atom. The second kappa shape index (κ2) is 7.66. The molecule has 0 radical (unpaired) electrons. The van der Waals surface area contributed by atoms with E-state index in [0.717, 1.165) is 25.3 Å². The first kappa shape index (κ1) is 17.0. The lowest BCUT2D eigenvalue weighted by molar-refractivity contribution is 0.0923. The zero-order valence-electron chi connectivity index (χ0n) is 11.4. The number of amides is 1. The predicted octanol–water partition coefficient (Wildman–Crippen LogP) is 2.06. The molecule has 1 rings (SSSR count). The molecule has 0 saturated heterocycles. The molecule has 0 aliphatic carbocycles. The molecule has 0 bridgehead atoms. The minimum absolute atomic E-state index is 0.0568. The number of halogens is 1. The average Bonchev–Trinajstić information content (AvgIpc) is 2.75. The number of carbonyl (C=O) groups is 1. The molecule has 0 fully saturated rings. The summed E-state index contributed by atoms with van der Waals surface area (Å²) in [6.45, 7) is 2.63. The van der Waals surface area contributed by atoms with Crippen LogP contribution in [0.3, 0.4) is 0 Å². The summed E-state index contributed by atoms with van der Waals surface area (Å²) >= 11 is 0. The van der Waals surface area contributed by atoms with E-state index < -0.39 is 15.0 Å². The van der Waals surface area contributed by atoms with Crippen molar-refractivity contribution >= 4 is 25.6 Å². The van der Waals surface area contributed by atoms with E-state index in [0.29, 0.717) is 13.2 Å². The highest BCUT2D eigenvalue weighted by Crippen LogP contribution is 2.23. The van der Waals surface area contributed by atoms with Crippen molar-refractivity contribution in [2.24, 2.45) is 0 Å². The van der Waals surface area contributed by atoms with Gasteiger partial charge in [-0.15, -0.1) is 0 Å². The number of ether oxygens (including phenoxy) is 1. The highest BCUT2D eigenvalue weighted by Gasteiger charge is 2.21. The molecule has 1 amide bonds. The van der Waals surface area contributed by atoms with Crippen molar-refractivity contribution in [2.45, 2.75) is 31.1 Å². The van der Waals surface area contributed by atoms with Crippen LogP contribution >= 0.6 is 10.7 Å². The van der Waals surface area contributed by atoms with Crippen LogP contribution in [0, 0.1) is 6.92 Å². The van der Waals surface area contributed by atoms with Gasteiger partial charge in [0.05, 0.1) is 0 Å². The van der Waals surface area contributed by atoms with E-state index in [1.165, 1.54) is 6.92 Å². The molecule has 114 valence electrons. The quantitative estimate of drug-likeness (QED) is 0.584. The number of furan rings is 1.